The van der Waals surface area contributed by atoms with E-state index in [2.05, 4.69) is 38.1 Å². The summed E-state index contributed by atoms with van der Waals surface area (Å²) < 4.78 is 4.46. The summed E-state index contributed by atoms with van der Waals surface area (Å²) >= 11 is 1.72. The van der Waals surface area contributed by atoms with Crippen LogP contribution in [0.4, 0.5) is 0 Å². The van der Waals surface area contributed by atoms with Gasteiger partial charge < -0.3 is 4.57 Å². The highest BCUT2D eigenvalue weighted by Crippen LogP contribution is 2.30. The van der Waals surface area contributed by atoms with Gasteiger partial charge in [-0.25, -0.2) is 9.29 Å². The van der Waals surface area contributed by atoms with Gasteiger partial charge in [0.15, 0.2) is 5.16 Å². The molecule has 3 rings (SSSR count). The lowest BCUT2D eigenvalue weighted by atomic mass is 10.2. The zero-order valence-electron chi connectivity index (χ0n) is 8.21. The molecule has 1 aliphatic rings. The number of rotatable bonds is 2. The van der Waals surface area contributed by atoms with Gasteiger partial charge in [-0.2, -0.15) is 0 Å². The first-order valence-electron chi connectivity index (χ1n) is 4.90. The van der Waals surface area contributed by atoms with Crippen molar-refractivity contribution in [3.8, 4) is 0 Å². The van der Waals surface area contributed by atoms with Gasteiger partial charge in [0.2, 0.25) is 0 Å². The number of imidazole rings is 1. The maximum atomic E-state index is 4.27. The lowest BCUT2D eigenvalue weighted by molar-refractivity contribution is 0.394. The molecule has 0 fully saturated rings. The monoisotopic (exact) mass is 217 g/mol. The fraction of sp³-hybridized carbons (Fsp3) is 0.182. The van der Waals surface area contributed by atoms with E-state index in [0.29, 0.717) is 0 Å². The van der Waals surface area contributed by atoms with E-state index in [1.54, 1.807) is 11.9 Å². The van der Waals surface area contributed by atoms with E-state index in [4.69, 9.17) is 0 Å². The Morgan fingerprint density at radius 2 is 2.13 bits per heavy atom. The van der Waals surface area contributed by atoms with Gasteiger partial charge in [-0.3, -0.25) is 0 Å². The highest BCUT2D eigenvalue weighted by Gasteiger charge is 2.19. The van der Waals surface area contributed by atoms with Crippen molar-refractivity contribution in [2.24, 2.45) is 0 Å². The largest absolute Gasteiger partial charge is 0.311 e. The van der Waals surface area contributed by atoms with Crippen LogP contribution in [0.5, 0.6) is 0 Å². The van der Waals surface area contributed by atoms with Crippen LogP contribution >= 0.6 is 11.9 Å². The summed E-state index contributed by atoms with van der Waals surface area (Å²) in [5.74, 6) is 0. The maximum absolute atomic E-state index is 4.27. The molecule has 4 heteroatoms. The van der Waals surface area contributed by atoms with Crippen LogP contribution in [0.15, 0.2) is 47.9 Å². The average Bonchev–Trinajstić information content (AvgIpc) is 2.79. The van der Waals surface area contributed by atoms with Gasteiger partial charge in [-0.15, -0.1) is 0 Å². The van der Waals surface area contributed by atoms with Crippen molar-refractivity contribution in [2.75, 3.05) is 0 Å². The standard InChI is InChI=1S/C11H11N3S/c1-2-4-10(5-3-1)8-14-9-13-7-6-12-11(13)15-14/h1-7H,8-9H2. The van der Waals surface area contributed by atoms with Crippen molar-refractivity contribution in [1.29, 1.82) is 0 Å². The number of fused-ring (bicyclic) bond motifs is 1. The third-order valence-corrected chi connectivity index (χ3v) is 3.41. The quantitative estimate of drug-likeness (QED) is 0.721. The first-order chi connectivity index (χ1) is 7.42. The molecule has 2 heterocycles. The lowest BCUT2D eigenvalue weighted by Crippen LogP contribution is -2.11. The zero-order chi connectivity index (χ0) is 10.1. The van der Waals surface area contributed by atoms with Crippen molar-refractivity contribution in [3.63, 3.8) is 0 Å². The number of benzene rings is 1. The van der Waals surface area contributed by atoms with Crippen LogP contribution in [0.3, 0.4) is 0 Å². The van der Waals surface area contributed by atoms with E-state index in [1.165, 1.54) is 5.56 Å². The predicted molar refractivity (Wildman–Crippen MR) is 60.1 cm³/mol. The Morgan fingerprint density at radius 3 is 2.93 bits per heavy atom. The van der Waals surface area contributed by atoms with E-state index in [0.717, 1.165) is 18.4 Å². The summed E-state index contributed by atoms with van der Waals surface area (Å²) in [4.78, 5) is 4.27. The van der Waals surface area contributed by atoms with E-state index >= 15 is 0 Å². The van der Waals surface area contributed by atoms with Gasteiger partial charge in [-0.05, 0) is 17.5 Å². The minimum atomic E-state index is 0.925. The minimum absolute atomic E-state index is 0.925. The van der Waals surface area contributed by atoms with Crippen LogP contribution in [0, 0.1) is 0 Å². The topological polar surface area (TPSA) is 21.1 Å². The second-order valence-corrected chi connectivity index (χ2v) is 4.60. The molecule has 15 heavy (non-hydrogen) atoms. The van der Waals surface area contributed by atoms with Crippen LogP contribution in [-0.4, -0.2) is 13.9 Å². The first-order valence-corrected chi connectivity index (χ1v) is 5.67. The van der Waals surface area contributed by atoms with Crippen molar-refractivity contribution < 1.29 is 0 Å². The molecule has 1 aliphatic heterocycles. The van der Waals surface area contributed by atoms with Gasteiger partial charge >= 0.3 is 0 Å². The lowest BCUT2D eigenvalue weighted by Gasteiger charge is -2.12. The number of hydrogen-bond acceptors (Lipinski definition) is 3. The molecule has 76 valence electrons. The second-order valence-electron chi connectivity index (χ2n) is 3.54. The molecule has 0 saturated carbocycles. The van der Waals surface area contributed by atoms with E-state index in [-0.39, 0.29) is 0 Å². The van der Waals surface area contributed by atoms with E-state index in [1.807, 2.05) is 18.5 Å². The van der Waals surface area contributed by atoms with Crippen LogP contribution in [0.25, 0.3) is 0 Å². The molecule has 1 aromatic heterocycles. The van der Waals surface area contributed by atoms with Gasteiger partial charge in [0.05, 0.1) is 6.67 Å². The molecule has 0 spiro atoms. The third kappa shape index (κ3) is 1.78. The fourth-order valence-electron chi connectivity index (χ4n) is 1.68. The van der Waals surface area contributed by atoms with E-state index in [9.17, 15) is 0 Å². The Hall–Kier alpha value is -1.26. The molecule has 0 aliphatic carbocycles. The van der Waals surface area contributed by atoms with Gasteiger partial charge in [0.25, 0.3) is 0 Å². The molecule has 0 radical (unpaired) electrons. The molecule has 0 bridgehead atoms. The molecule has 0 atom stereocenters. The summed E-state index contributed by atoms with van der Waals surface area (Å²) in [6.45, 7) is 1.89. The number of aromatic nitrogens is 2. The third-order valence-electron chi connectivity index (χ3n) is 2.40. The average molecular weight is 217 g/mol. The molecule has 0 amide bonds. The highest BCUT2D eigenvalue weighted by molar-refractivity contribution is 7.97. The Labute approximate surface area is 92.9 Å². The van der Waals surface area contributed by atoms with Crippen molar-refractivity contribution >= 4 is 11.9 Å². The van der Waals surface area contributed by atoms with Crippen molar-refractivity contribution in [3.05, 3.63) is 48.3 Å². The van der Waals surface area contributed by atoms with Crippen molar-refractivity contribution in [2.45, 2.75) is 18.4 Å². The Morgan fingerprint density at radius 1 is 1.27 bits per heavy atom. The molecule has 0 N–H and O–H groups in total. The van der Waals surface area contributed by atoms with E-state index < -0.39 is 0 Å². The Kier molecular flexibility index (Phi) is 2.23. The molecule has 3 nitrogen and oxygen atoms in total. The predicted octanol–water partition coefficient (Wildman–Crippen LogP) is 2.36. The molecular formula is C11H11N3S. The minimum Gasteiger partial charge on any atom is -0.311 e. The summed E-state index contributed by atoms with van der Waals surface area (Å²) in [6.07, 6.45) is 3.87. The van der Waals surface area contributed by atoms with Crippen LogP contribution in [0.2, 0.25) is 0 Å². The Balaban J connectivity index is 1.70. The SMILES string of the molecule is c1ccc(CN2Cn3ccnc3S2)cc1. The van der Waals surface area contributed by atoms with Gasteiger partial charge in [0, 0.05) is 18.9 Å². The van der Waals surface area contributed by atoms with Crippen LogP contribution in [0.1, 0.15) is 5.56 Å². The second kappa shape index (κ2) is 3.72. The number of hydrogen-bond donors (Lipinski definition) is 0. The highest BCUT2D eigenvalue weighted by atomic mass is 32.2. The number of nitrogens with zero attached hydrogens (tertiary/aromatic N) is 3. The summed E-state index contributed by atoms with van der Waals surface area (Å²) in [5.41, 5.74) is 1.34. The summed E-state index contributed by atoms with van der Waals surface area (Å²) in [5, 5.41) is 1.09. The first kappa shape index (κ1) is 9.00. The molecule has 0 unspecified atom stereocenters. The van der Waals surface area contributed by atoms with Crippen LogP contribution < -0.4 is 0 Å². The van der Waals surface area contributed by atoms with Gasteiger partial charge in [-0.1, -0.05) is 30.3 Å². The van der Waals surface area contributed by atoms with Crippen molar-refractivity contribution in [1.82, 2.24) is 13.9 Å². The van der Waals surface area contributed by atoms with Crippen LogP contribution in [-0.2, 0) is 13.2 Å². The van der Waals surface area contributed by atoms with Gasteiger partial charge in [0.1, 0.15) is 0 Å². The smallest absolute Gasteiger partial charge is 0.184 e. The summed E-state index contributed by atoms with van der Waals surface area (Å²) in [6, 6.07) is 10.5. The molecule has 1 aromatic carbocycles. The summed E-state index contributed by atoms with van der Waals surface area (Å²) in [7, 11) is 0. The maximum Gasteiger partial charge on any atom is 0.184 e. The fourth-order valence-corrected chi connectivity index (χ4v) is 2.64. The Bertz CT molecular complexity index is 431. The normalized spacial score (nSPS) is 15.5. The molecular weight excluding hydrogens is 206 g/mol. The molecule has 0 saturated heterocycles. The zero-order valence-corrected chi connectivity index (χ0v) is 9.02. The molecule has 2 aromatic rings.